The number of aryl methyl sites for hydroxylation is 1. The molecule has 1 heterocycles. The highest BCUT2D eigenvalue weighted by Gasteiger charge is 2.26. The third-order valence-corrected chi connectivity index (χ3v) is 5.09. The van der Waals surface area contributed by atoms with Crippen molar-refractivity contribution in [3.05, 3.63) is 82.9 Å². The Morgan fingerprint density at radius 1 is 1.13 bits per heavy atom. The Balaban J connectivity index is 1.47. The maximum absolute atomic E-state index is 12.5. The van der Waals surface area contributed by atoms with Crippen LogP contribution in [-0.4, -0.2) is 31.6 Å². The first kappa shape index (κ1) is 20.8. The van der Waals surface area contributed by atoms with Crippen molar-refractivity contribution in [3.8, 4) is 11.5 Å². The molecule has 0 saturated carbocycles. The molecule has 1 aliphatic rings. The first-order valence-corrected chi connectivity index (χ1v) is 10.2. The molecule has 0 atom stereocenters. The molecule has 1 N–H and O–H groups in total. The number of amides is 2. The van der Waals surface area contributed by atoms with Gasteiger partial charge < -0.3 is 19.7 Å². The molecule has 4 rings (SSSR count). The van der Waals surface area contributed by atoms with Gasteiger partial charge >= 0.3 is 0 Å². The second-order valence-corrected chi connectivity index (χ2v) is 7.58. The highest BCUT2D eigenvalue weighted by molar-refractivity contribution is 6.30. The van der Waals surface area contributed by atoms with E-state index in [9.17, 15) is 9.59 Å². The summed E-state index contributed by atoms with van der Waals surface area (Å²) in [5, 5.41) is 3.40. The lowest BCUT2D eigenvalue weighted by molar-refractivity contribution is -0.121. The van der Waals surface area contributed by atoms with Crippen molar-refractivity contribution in [1.29, 1.82) is 0 Å². The summed E-state index contributed by atoms with van der Waals surface area (Å²) in [6.07, 6.45) is 0. The number of rotatable bonds is 6. The number of fused-ring (bicyclic) bond motifs is 1. The lowest BCUT2D eigenvalue weighted by Gasteiger charge is -2.29. The van der Waals surface area contributed by atoms with Crippen LogP contribution in [0.15, 0.2) is 66.7 Å². The zero-order valence-electron chi connectivity index (χ0n) is 16.9. The normalized spacial score (nSPS) is 12.7. The molecule has 0 fully saturated rings. The molecule has 7 heteroatoms. The van der Waals surface area contributed by atoms with Gasteiger partial charge in [0.2, 0.25) is 0 Å². The number of hydrogen-bond acceptors (Lipinski definition) is 4. The van der Waals surface area contributed by atoms with Crippen LogP contribution in [0.2, 0.25) is 5.02 Å². The Morgan fingerprint density at radius 3 is 2.71 bits per heavy atom. The number of benzene rings is 3. The van der Waals surface area contributed by atoms with E-state index in [-0.39, 0.29) is 18.4 Å². The molecule has 0 bridgehead atoms. The number of nitrogens with zero attached hydrogens (tertiary/aromatic N) is 1. The second-order valence-electron chi connectivity index (χ2n) is 7.14. The first-order chi connectivity index (χ1) is 15.0. The predicted octanol–water partition coefficient (Wildman–Crippen LogP) is 4.71. The van der Waals surface area contributed by atoms with Crippen LogP contribution >= 0.6 is 11.6 Å². The van der Waals surface area contributed by atoms with E-state index in [0.717, 1.165) is 11.3 Å². The zero-order chi connectivity index (χ0) is 21.8. The van der Waals surface area contributed by atoms with Crippen LogP contribution in [0, 0.1) is 6.92 Å². The number of hydrogen-bond donors (Lipinski definition) is 1. The fourth-order valence-electron chi connectivity index (χ4n) is 3.29. The van der Waals surface area contributed by atoms with Gasteiger partial charge in [-0.05, 0) is 67.1 Å². The van der Waals surface area contributed by atoms with Crippen molar-refractivity contribution in [2.24, 2.45) is 0 Å². The first-order valence-electron chi connectivity index (χ1n) is 9.83. The summed E-state index contributed by atoms with van der Waals surface area (Å²) in [5.74, 6) is 0.903. The number of carbonyl (C=O) groups is 2. The number of carbonyl (C=O) groups excluding carboxylic acids is 2. The van der Waals surface area contributed by atoms with Crippen molar-refractivity contribution in [1.82, 2.24) is 0 Å². The minimum atomic E-state index is -0.269. The van der Waals surface area contributed by atoms with E-state index in [1.807, 2.05) is 31.2 Å². The molecule has 0 unspecified atom stereocenters. The minimum Gasteiger partial charge on any atom is -0.492 e. The summed E-state index contributed by atoms with van der Waals surface area (Å²) < 4.78 is 11.3. The number of anilines is 2. The predicted molar refractivity (Wildman–Crippen MR) is 120 cm³/mol. The summed E-state index contributed by atoms with van der Waals surface area (Å²) in [6.45, 7) is 2.65. The summed E-state index contributed by atoms with van der Waals surface area (Å²) in [7, 11) is 0. The Kier molecular flexibility index (Phi) is 6.09. The number of ether oxygens (including phenoxy) is 2. The van der Waals surface area contributed by atoms with Gasteiger partial charge in [-0.15, -0.1) is 0 Å². The lowest BCUT2D eigenvalue weighted by Crippen LogP contribution is -2.41. The third-order valence-electron chi connectivity index (χ3n) is 4.84. The monoisotopic (exact) mass is 436 g/mol. The van der Waals surface area contributed by atoms with Crippen molar-refractivity contribution in [2.45, 2.75) is 6.92 Å². The second kappa shape index (κ2) is 9.10. The van der Waals surface area contributed by atoms with Crippen LogP contribution in [0.3, 0.4) is 0 Å². The topological polar surface area (TPSA) is 67.9 Å². The van der Waals surface area contributed by atoms with E-state index in [1.165, 1.54) is 0 Å². The number of halogens is 1. The lowest BCUT2D eigenvalue weighted by atomic mass is 10.1. The van der Waals surface area contributed by atoms with E-state index in [2.05, 4.69) is 5.32 Å². The average molecular weight is 437 g/mol. The van der Waals surface area contributed by atoms with Gasteiger partial charge in [0, 0.05) is 16.3 Å². The molecule has 158 valence electrons. The molecule has 0 spiro atoms. The Morgan fingerprint density at radius 2 is 1.94 bits per heavy atom. The van der Waals surface area contributed by atoms with Crippen molar-refractivity contribution in [3.63, 3.8) is 0 Å². The van der Waals surface area contributed by atoms with E-state index in [0.29, 0.717) is 40.9 Å². The molecule has 31 heavy (non-hydrogen) atoms. The van der Waals surface area contributed by atoms with Crippen LogP contribution in [0.5, 0.6) is 11.5 Å². The van der Waals surface area contributed by atoms with Crippen LogP contribution in [-0.2, 0) is 4.79 Å². The van der Waals surface area contributed by atoms with Gasteiger partial charge in [0.05, 0.1) is 12.2 Å². The van der Waals surface area contributed by atoms with Gasteiger partial charge in [0.25, 0.3) is 11.8 Å². The molecule has 3 aromatic carbocycles. The molecular weight excluding hydrogens is 416 g/mol. The number of nitrogens with one attached hydrogen (secondary N) is 1. The van der Waals surface area contributed by atoms with Crippen molar-refractivity contribution >= 4 is 34.8 Å². The maximum Gasteiger partial charge on any atom is 0.265 e. The van der Waals surface area contributed by atoms with Gasteiger partial charge in [-0.1, -0.05) is 23.7 Å². The highest BCUT2D eigenvalue weighted by atomic mass is 35.5. The van der Waals surface area contributed by atoms with Crippen LogP contribution < -0.4 is 19.7 Å². The van der Waals surface area contributed by atoms with Crippen molar-refractivity contribution < 1.29 is 19.1 Å². The van der Waals surface area contributed by atoms with Crippen LogP contribution in [0.1, 0.15) is 15.9 Å². The SMILES string of the molecule is Cc1cccc(OCCN2C(=O)COc3ccc(NC(=O)c4ccc(Cl)cc4)cc32)c1. The average Bonchev–Trinajstić information content (AvgIpc) is 2.76. The Bertz CT molecular complexity index is 1110. The van der Waals surface area contributed by atoms with E-state index in [4.69, 9.17) is 21.1 Å². The quantitative estimate of drug-likeness (QED) is 0.608. The summed E-state index contributed by atoms with van der Waals surface area (Å²) in [4.78, 5) is 26.6. The molecule has 0 radical (unpaired) electrons. The van der Waals surface area contributed by atoms with E-state index in [1.54, 1.807) is 47.4 Å². The molecule has 2 amide bonds. The fourth-order valence-corrected chi connectivity index (χ4v) is 3.42. The van der Waals surface area contributed by atoms with Gasteiger partial charge in [0.1, 0.15) is 18.1 Å². The fraction of sp³-hybridized carbons (Fsp3) is 0.167. The molecule has 0 saturated heterocycles. The van der Waals surface area contributed by atoms with Gasteiger partial charge in [-0.2, -0.15) is 0 Å². The molecular formula is C24H21ClN2O4. The van der Waals surface area contributed by atoms with Crippen molar-refractivity contribution in [2.75, 3.05) is 30.0 Å². The van der Waals surface area contributed by atoms with Gasteiger partial charge in [0.15, 0.2) is 6.61 Å². The van der Waals surface area contributed by atoms with Crippen LogP contribution in [0.25, 0.3) is 0 Å². The van der Waals surface area contributed by atoms with E-state index < -0.39 is 0 Å². The van der Waals surface area contributed by atoms with E-state index >= 15 is 0 Å². The van der Waals surface area contributed by atoms with Crippen LogP contribution in [0.4, 0.5) is 11.4 Å². The Labute approximate surface area is 185 Å². The molecule has 0 aromatic heterocycles. The summed E-state index contributed by atoms with van der Waals surface area (Å²) in [5.41, 5.74) is 2.74. The molecule has 1 aliphatic heterocycles. The summed E-state index contributed by atoms with van der Waals surface area (Å²) in [6, 6.07) is 19.6. The highest BCUT2D eigenvalue weighted by Crippen LogP contribution is 2.34. The zero-order valence-corrected chi connectivity index (χ0v) is 17.7. The molecule has 6 nitrogen and oxygen atoms in total. The largest absolute Gasteiger partial charge is 0.492 e. The summed E-state index contributed by atoms with van der Waals surface area (Å²) >= 11 is 5.88. The molecule has 3 aromatic rings. The maximum atomic E-state index is 12.5. The molecule has 0 aliphatic carbocycles. The standard InChI is InChI=1S/C24H21ClN2O4/c1-16-3-2-4-20(13-16)30-12-11-27-21-14-19(9-10-22(21)31-15-23(27)28)26-24(29)17-5-7-18(25)8-6-17/h2-10,13-14H,11-12,15H2,1H3,(H,26,29). The smallest absolute Gasteiger partial charge is 0.265 e. The minimum absolute atomic E-state index is 0.0338. The Hall–Kier alpha value is -3.51. The van der Waals surface area contributed by atoms with Gasteiger partial charge in [-0.25, -0.2) is 0 Å². The third kappa shape index (κ3) is 4.98. The van der Waals surface area contributed by atoms with Gasteiger partial charge in [-0.3, -0.25) is 9.59 Å².